The quantitative estimate of drug-likeness (QED) is 0.230. The van der Waals surface area contributed by atoms with Crippen molar-refractivity contribution in [3.05, 3.63) is 0 Å². The molecule has 0 N–H and O–H groups in total. The Morgan fingerprint density at radius 1 is 0.583 bits per heavy atom. The Morgan fingerprint density at radius 3 is 1.71 bits per heavy atom. The monoisotopic (exact) mass is 339 g/mol. The van der Waals surface area contributed by atoms with Crippen molar-refractivity contribution >= 4 is 0 Å². The van der Waals surface area contributed by atoms with E-state index in [0.29, 0.717) is 0 Å². The first-order valence-corrected chi connectivity index (χ1v) is 11.5. The Morgan fingerprint density at radius 2 is 1.17 bits per heavy atom. The molecule has 0 radical (unpaired) electrons. The van der Waals surface area contributed by atoms with Gasteiger partial charge in [-0.05, 0) is 38.1 Å². The molecule has 0 aliphatic rings. The van der Waals surface area contributed by atoms with Gasteiger partial charge in [-0.1, -0.05) is 98.8 Å². The van der Waals surface area contributed by atoms with Crippen molar-refractivity contribution in [2.45, 2.75) is 131 Å². The fourth-order valence-corrected chi connectivity index (χ4v) is 3.94. The number of rotatable bonds is 18. The first kappa shape index (κ1) is 24.0. The zero-order valence-corrected chi connectivity index (χ0v) is 17.9. The molecule has 1 heteroatoms. The summed E-state index contributed by atoms with van der Waals surface area (Å²) in [6.07, 6.45) is 19.5. The molecule has 0 rings (SSSR count). The van der Waals surface area contributed by atoms with Crippen LogP contribution in [-0.2, 0) is 0 Å². The van der Waals surface area contributed by atoms with E-state index in [0.717, 1.165) is 12.0 Å². The van der Waals surface area contributed by atoms with Gasteiger partial charge in [0, 0.05) is 12.6 Å². The Balaban J connectivity index is 4.49. The minimum absolute atomic E-state index is 0.839. The lowest BCUT2D eigenvalue weighted by Crippen LogP contribution is -2.39. The highest BCUT2D eigenvalue weighted by Gasteiger charge is 2.20. The van der Waals surface area contributed by atoms with Crippen molar-refractivity contribution in [1.82, 2.24) is 4.90 Å². The van der Waals surface area contributed by atoms with Crippen LogP contribution in [0.3, 0.4) is 0 Å². The molecular weight excluding hydrogens is 290 g/mol. The van der Waals surface area contributed by atoms with E-state index in [2.05, 4.69) is 39.5 Å². The standard InChI is InChI=1S/C23H49N/c1-6-11-13-14-15-16-20-24(23(17-8-3)18-9-4)21-22(10-5)19-12-7-2/h22-23H,6-21H2,1-5H3. The average molecular weight is 340 g/mol. The van der Waals surface area contributed by atoms with Gasteiger partial charge in [0.1, 0.15) is 0 Å². The Hall–Kier alpha value is -0.0400. The molecule has 0 aromatic heterocycles. The summed E-state index contributed by atoms with van der Waals surface area (Å²) in [5.41, 5.74) is 0. The highest BCUT2D eigenvalue weighted by atomic mass is 15.2. The number of hydrogen-bond acceptors (Lipinski definition) is 1. The van der Waals surface area contributed by atoms with Crippen LogP contribution < -0.4 is 0 Å². The smallest absolute Gasteiger partial charge is 0.00951 e. The van der Waals surface area contributed by atoms with Crippen LogP contribution in [0.2, 0.25) is 0 Å². The molecule has 1 nitrogen and oxygen atoms in total. The number of nitrogens with zero attached hydrogens (tertiary/aromatic N) is 1. The van der Waals surface area contributed by atoms with Crippen LogP contribution >= 0.6 is 0 Å². The third kappa shape index (κ3) is 12.3. The van der Waals surface area contributed by atoms with Crippen LogP contribution in [-0.4, -0.2) is 24.0 Å². The van der Waals surface area contributed by atoms with Crippen molar-refractivity contribution in [2.75, 3.05) is 13.1 Å². The lowest BCUT2D eigenvalue weighted by atomic mass is 9.96. The first-order valence-electron chi connectivity index (χ1n) is 11.5. The topological polar surface area (TPSA) is 3.24 Å². The molecule has 24 heavy (non-hydrogen) atoms. The van der Waals surface area contributed by atoms with E-state index in [1.807, 2.05) is 0 Å². The molecule has 1 atom stereocenters. The normalized spacial score (nSPS) is 13.1. The van der Waals surface area contributed by atoms with E-state index in [1.165, 1.54) is 103 Å². The minimum Gasteiger partial charge on any atom is -0.300 e. The predicted molar refractivity (Wildman–Crippen MR) is 112 cm³/mol. The summed E-state index contributed by atoms with van der Waals surface area (Å²) >= 11 is 0. The van der Waals surface area contributed by atoms with Crippen LogP contribution in [0.5, 0.6) is 0 Å². The van der Waals surface area contributed by atoms with Crippen molar-refractivity contribution in [2.24, 2.45) is 5.92 Å². The summed E-state index contributed by atoms with van der Waals surface area (Å²) < 4.78 is 0. The molecule has 0 saturated carbocycles. The van der Waals surface area contributed by atoms with E-state index in [-0.39, 0.29) is 0 Å². The molecule has 0 bridgehead atoms. The summed E-state index contributed by atoms with van der Waals surface area (Å²) in [5, 5.41) is 0. The Kier molecular flexibility index (Phi) is 17.7. The second-order valence-corrected chi connectivity index (χ2v) is 7.91. The van der Waals surface area contributed by atoms with Crippen molar-refractivity contribution in [3.8, 4) is 0 Å². The average Bonchev–Trinajstić information content (AvgIpc) is 2.59. The van der Waals surface area contributed by atoms with Gasteiger partial charge >= 0.3 is 0 Å². The SMILES string of the molecule is CCCCCCCCN(CC(CC)CCCC)C(CCC)CCC. The molecule has 0 spiro atoms. The molecule has 0 amide bonds. The second-order valence-electron chi connectivity index (χ2n) is 7.91. The zero-order chi connectivity index (χ0) is 18.0. The maximum absolute atomic E-state index is 2.90. The molecule has 0 aliphatic carbocycles. The van der Waals surface area contributed by atoms with Crippen molar-refractivity contribution < 1.29 is 0 Å². The second kappa shape index (κ2) is 17.8. The van der Waals surface area contributed by atoms with Crippen LogP contribution in [0.15, 0.2) is 0 Å². The molecule has 0 aromatic carbocycles. The maximum Gasteiger partial charge on any atom is 0.00951 e. The van der Waals surface area contributed by atoms with Gasteiger partial charge in [-0.3, -0.25) is 0 Å². The van der Waals surface area contributed by atoms with Crippen LogP contribution in [0.25, 0.3) is 0 Å². The van der Waals surface area contributed by atoms with E-state index in [9.17, 15) is 0 Å². The molecule has 0 saturated heterocycles. The summed E-state index contributed by atoms with van der Waals surface area (Å²) in [6, 6.07) is 0.839. The first-order chi connectivity index (χ1) is 11.7. The Bertz CT molecular complexity index is 232. The largest absolute Gasteiger partial charge is 0.300 e. The number of hydrogen-bond donors (Lipinski definition) is 0. The van der Waals surface area contributed by atoms with Gasteiger partial charge in [-0.15, -0.1) is 0 Å². The lowest BCUT2D eigenvalue weighted by molar-refractivity contribution is 0.139. The van der Waals surface area contributed by atoms with Crippen LogP contribution in [0.1, 0.15) is 125 Å². The van der Waals surface area contributed by atoms with Crippen LogP contribution in [0, 0.1) is 5.92 Å². The summed E-state index contributed by atoms with van der Waals surface area (Å²) in [7, 11) is 0. The highest BCUT2D eigenvalue weighted by molar-refractivity contribution is 4.75. The van der Waals surface area contributed by atoms with Gasteiger partial charge in [-0.25, -0.2) is 0 Å². The van der Waals surface area contributed by atoms with Crippen LogP contribution in [0.4, 0.5) is 0 Å². The third-order valence-electron chi connectivity index (χ3n) is 5.60. The molecule has 0 fully saturated rings. The molecule has 1 unspecified atom stereocenters. The van der Waals surface area contributed by atoms with E-state index < -0.39 is 0 Å². The zero-order valence-electron chi connectivity index (χ0n) is 17.9. The molecule has 146 valence electrons. The van der Waals surface area contributed by atoms with Gasteiger partial charge in [0.05, 0.1) is 0 Å². The minimum atomic E-state index is 0.839. The highest BCUT2D eigenvalue weighted by Crippen LogP contribution is 2.21. The van der Waals surface area contributed by atoms with Gasteiger partial charge in [0.2, 0.25) is 0 Å². The van der Waals surface area contributed by atoms with Crippen molar-refractivity contribution in [3.63, 3.8) is 0 Å². The molecule has 0 aliphatic heterocycles. The van der Waals surface area contributed by atoms with Gasteiger partial charge < -0.3 is 4.90 Å². The molecular formula is C23H49N. The fourth-order valence-electron chi connectivity index (χ4n) is 3.94. The third-order valence-corrected chi connectivity index (χ3v) is 5.60. The van der Waals surface area contributed by atoms with E-state index in [1.54, 1.807) is 0 Å². The lowest BCUT2D eigenvalue weighted by Gasteiger charge is -2.34. The Labute approximate surface area is 155 Å². The van der Waals surface area contributed by atoms with Gasteiger partial charge in [-0.2, -0.15) is 0 Å². The summed E-state index contributed by atoms with van der Waals surface area (Å²) in [6.45, 7) is 14.5. The predicted octanol–water partition coefficient (Wildman–Crippen LogP) is 7.83. The van der Waals surface area contributed by atoms with Crippen molar-refractivity contribution in [1.29, 1.82) is 0 Å². The van der Waals surface area contributed by atoms with E-state index in [4.69, 9.17) is 0 Å². The number of unbranched alkanes of at least 4 members (excludes halogenated alkanes) is 6. The fraction of sp³-hybridized carbons (Fsp3) is 1.00. The molecule has 0 aromatic rings. The van der Waals surface area contributed by atoms with Gasteiger partial charge in [0.25, 0.3) is 0 Å². The summed E-state index contributed by atoms with van der Waals surface area (Å²) in [5.74, 6) is 0.918. The molecule has 0 heterocycles. The van der Waals surface area contributed by atoms with Gasteiger partial charge in [0.15, 0.2) is 0 Å². The summed E-state index contributed by atoms with van der Waals surface area (Å²) in [4.78, 5) is 2.90. The maximum atomic E-state index is 2.90. The van der Waals surface area contributed by atoms with E-state index >= 15 is 0 Å².